The van der Waals surface area contributed by atoms with E-state index in [1.54, 1.807) is 17.7 Å². The number of anilines is 1. The summed E-state index contributed by atoms with van der Waals surface area (Å²) in [6.45, 7) is 9.09. The van der Waals surface area contributed by atoms with Gasteiger partial charge in [0.25, 0.3) is 0 Å². The highest BCUT2D eigenvalue weighted by molar-refractivity contribution is 7.18. The first-order valence-electron chi connectivity index (χ1n) is 10.1. The average molecular weight is 424 g/mol. The van der Waals surface area contributed by atoms with Crippen molar-refractivity contribution in [3.05, 3.63) is 16.8 Å². The van der Waals surface area contributed by atoms with Crippen molar-refractivity contribution in [3.8, 4) is 0 Å². The predicted octanol–water partition coefficient (Wildman–Crippen LogP) is 3.06. The highest BCUT2D eigenvalue weighted by Gasteiger charge is 2.27. The first-order valence-corrected chi connectivity index (χ1v) is 10.9. The number of carbonyl (C=O) groups is 1. The summed E-state index contributed by atoms with van der Waals surface area (Å²) in [7, 11) is 0. The Bertz CT molecular complexity index is 812. The van der Waals surface area contributed by atoms with E-state index < -0.39 is 0 Å². The Morgan fingerprint density at radius 3 is 2.79 bits per heavy atom. The van der Waals surface area contributed by atoms with Gasteiger partial charge in [-0.1, -0.05) is 0 Å². The number of carbonyl (C=O) groups excluding carboxylic acids is 1. The van der Waals surface area contributed by atoms with Crippen LogP contribution in [-0.4, -0.2) is 48.6 Å². The van der Waals surface area contributed by atoms with Crippen LogP contribution in [0.4, 0.5) is 5.82 Å². The minimum absolute atomic E-state index is 0. The second kappa shape index (κ2) is 9.37. The minimum Gasteiger partial charge on any atom is -0.356 e. The van der Waals surface area contributed by atoms with Crippen molar-refractivity contribution >= 4 is 45.7 Å². The smallest absolute Gasteiger partial charge is 0.223 e. The minimum atomic E-state index is 0. The number of hydrogen-bond acceptors (Lipinski definition) is 6. The lowest BCUT2D eigenvalue weighted by atomic mass is 9.95. The Hall–Kier alpha value is -1.44. The van der Waals surface area contributed by atoms with Crippen LogP contribution in [0.1, 0.15) is 36.1 Å². The molecule has 0 aliphatic carbocycles. The standard InChI is InChI=1S/C20H29N5OS.ClH/c1-13-14(2)27-20-17(13)18(23-12-24-20)25-9-5-16(6-10-25)19(26)22-8-4-15-3-7-21-11-15;/h12,15-16,21H,3-11H2,1-2H3,(H,22,26);1H. The summed E-state index contributed by atoms with van der Waals surface area (Å²) in [6.07, 6.45) is 5.79. The summed E-state index contributed by atoms with van der Waals surface area (Å²) in [5.41, 5.74) is 1.28. The molecular formula is C20H30ClN5OS. The summed E-state index contributed by atoms with van der Waals surface area (Å²) >= 11 is 1.74. The monoisotopic (exact) mass is 423 g/mol. The fourth-order valence-corrected chi connectivity index (χ4v) is 5.25. The van der Waals surface area contributed by atoms with Gasteiger partial charge in [-0.25, -0.2) is 9.97 Å². The zero-order valence-corrected chi connectivity index (χ0v) is 18.3. The lowest BCUT2D eigenvalue weighted by Gasteiger charge is -2.32. The molecule has 0 bridgehead atoms. The Morgan fingerprint density at radius 1 is 1.29 bits per heavy atom. The molecule has 2 aliphatic rings. The van der Waals surface area contributed by atoms with Crippen molar-refractivity contribution in [3.63, 3.8) is 0 Å². The molecule has 28 heavy (non-hydrogen) atoms. The van der Waals surface area contributed by atoms with Crippen LogP contribution in [0.3, 0.4) is 0 Å². The third kappa shape index (κ3) is 4.42. The van der Waals surface area contributed by atoms with Crippen molar-refractivity contribution in [2.75, 3.05) is 37.6 Å². The normalized spacial score (nSPS) is 20.4. The number of aromatic nitrogens is 2. The Morgan fingerprint density at radius 2 is 2.07 bits per heavy atom. The zero-order chi connectivity index (χ0) is 18.8. The van der Waals surface area contributed by atoms with Crippen molar-refractivity contribution in [1.29, 1.82) is 0 Å². The molecule has 4 heterocycles. The van der Waals surface area contributed by atoms with Crippen LogP contribution in [0.25, 0.3) is 10.2 Å². The van der Waals surface area contributed by atoms with Gasteiger partial charge < -0.3 is 15.5 Å². The molecule has 2 fully saturated rings. The van der Waals surface area contributed by atoms with E-state index in [9.17, 15) is 4.79 Å². The molecule has 1 atom stereocenters. The molecule has 0 radical (unpaired) electrons. The first kappa shape index (κ1) is 21.3. The summed E-state index contributed by atoms with van der Waals surface area (Å²) < 4.78 is 0. The number of nitrogens with zero attached hydrogens (tertiary/aromatic N) is 3. The SMILES string of the molecule is Cc1sc2ncnc(N3CCC(C(=O)NCCC4CCNC4)CC3)c2c1C.Cl. The summed E-state index contributed by atoms with van der Waals surface area (Å²) in [5.74, 6) is 2.13. The average Bonchev–Trinajstić information content (AvgIpc) is 3.30. The summed E-state index contributed by atoms with van der Waals surface area (Å²) in [6, 6.07) is 0. The van der Waals surface area contributed by atoms with Gasteiger partial charge in [-0.2, -0.15) is 0 Å². The molecule has 0 aromatic carbocycles. The van der Waals surface area contributed by atoms with E-state index in [0.29, 0.717) is 0 Å². The molecule has 2 aliphatic heterocycles. The molecule has 154 valence electrons. The van der Waals surface area contributed by atoms with Gasteiger partial charge in [-0.3, -0.25) is 4.79 Å². The molecule has 6 nitrogen and oxygen atoms in total. The molecule has 0 saturated carbocycles. The third-order valence-corrected chi connectivity index (χ3v) is 7.24. The summed E-state index contributed by atoms with van der Waals surface area (Å²) in [5, 5.41) is 7.74. The van der Waals surface area contributed by atoms with Crippen molar-refractivity contribution in [2.24, 2.45) is 11.8 Å². The van der Waals surface area contributed by atoms with E-state index in [2.05, 4.69) is 39.3 Å². The molecule has 2 N–H and O–H groups in total. The number of nitrogens with one attached hydrogen (secondary N) is 2. The van der Waals surface area contributed by atoms with Gasteiger partial charge in [0.1, 0.15) is 17.0 Å². The number of thiophene rings is 1. The molecule has 8 heteroatoms. The van der Waals surface area contributed by atoms with Crippen LogP contribution in [0.5, 0.6) is 0 Å². The van der Waals surface area contributed by atoms with Gasteiger partial charge >= 0.3 is 0 Å². The molecule has 2 aromatic heterocycles. The second-order valence-corrected chi connectivity index (χ2v) is 9.06. The Balaban J connectivity index is 0.00000225. The first-order chi connectivity index (χ1) is 13.1. The van der Waals surface area contributed by atoms with E-state index in [1.807, 2.05) is 0 Å². The highest BCUT2D eigenvalue weighted by Crippen LogP contribution is 2.35. The number of halogens is 1. The van der Waals surface area contributed by atoms with Crippen LogP contribution < -0.4 is 15.5 Å². The maximum atomic E-state index is 12.5. The van der Waals surface area contributed by atoms with Gasteiger partial charge in [0.15, 0.2) is 0 Å². The highest BCUT2D eigenvalue weighted by atomic mass is 35.5. The number of rotatable bonds is 5. The van der Waals surface area contributed by atoms with Crippen LogP contribution in [0.2, 0.25) is 0 Å². The maximum Gasteiger partial charge on any atom is 0.223 e. The molecule has 2 saturated heterocycles. The van der Waals surface area contributed by atoms with Crippen molar-refractivity contribution in [2.45, 2.75) is 39.5 Å². The van der Waals surface area contributed by atoms with E-state index in [1.165, 1.54) is 22.2 Å². The third-order valence-electron chi connectivity index (χ3n) is 6.12. The van der Waals surface area contributed by atoms with Crippen LogP contribution in [0, 0.1) is 25.7 Å². The number of aryl methyl sites for hydroxylation is 2. The van der Waals surface area contributed by atoms with E-state index in [0.717, 1.165) is 68.6 Å². The van der Waals surface area contributed by atoms with E-state index >= 15 is 0 Å². The van der Waals surface area contributed by atoms with Gasteiger partial charge in [-0.15, -0.1) is 23.7 Å². The number of amides is 1. The molecular weight excluding hydrogens is 394 g/mol. The Labute approximate surface area is 176 Å². The van der Waals surface area contributed by atoms with Gasteiger partial charge in [0, 0.05) is 30.4 Å². The lowest BCUT2D eigenvalue weighted by molar-refractivity contribution is -0.125. The number of piperidine rings is 1. The van der Waals surface area contributed by atoms with Crippen LogP contribution >= 0.6 is 23.7 Å². The number of fused-ring (bicyclic) bond motifs is 1. The second-order valence-electron chi connectivity index (χ2n) is 7.86. The molecule has 2 aromatic rings. The number of hydrogen-bond donors (Lipinski definition) is 2. The van der Waals surface area contributed by atoms with Gasteiger partial charge in [0.05, 0.1) is 5.39 Å². The topological polar surface area (TPSA) is 70.2 Å². The Kier molecular flexibility index (Phi) is 7.12. The molecule has 0 spiro atoms. The molecule has 1 amide bonds. The van der Waals surface area contributed by atoms with Crippen LogP contribution in [-0.2, 0) is 4.79 Å². The van der Waals surface area contributed by atoms with Crippen molar-refractivity contribution < 1.29 is 4.79 Å². The van der Waals surface area contributed by atoms with Crippen molar-refractivity contribution in [1.82, 2.24) is 20.6 Å². The zero-order valence-electron chi connectivity index (χ0n) is 16.7. The van der Waals surface area contributed by atoms with Gasteiger partial charge in [-0.05, 0) is 64.1 Å². The lowest BCUT2D eigenvalue weighted by Crippen LogP contribution is -2.41. The van der Waals surface area contributed by atoms with E-state index in [4.69, 9.17) is 0 Å². The largest absolute Gasteiger partial charge is 0.356 e. The fraction of sp³-hybridized carbons (Fsp3) is 0.650. The fourth-order valence-electron chi connectivity index (χ4n) is 4.26. The maximum absolute atomic E-state index is 12.5. The quantitative estimate of drug-likeness (QED) is 0.773. The van der Waals surface area contributed by atoms with Gasteiger partial charge in [0.2, 0.25) is 5.91 Å². The summed E-state index contributed by atoms with van der Waals surface area (Å²) in [4.78, 5) is 26.2. The molecule has 1 unspecified atom stereocenters. The van der Waals surface area contributed by atoms with Crippen LogP contribution in [0.15, 0.2) is 6.33 Å². The van der Waals surface area contributed by atoms with E-state index in [-0.39, 0.29) is 24.2 Å². The molecule has 4 rings (SSSR count). The predicted molar refractivity (Wildman–Crippen MR) is 118 cm³/mol.